The van der Waals surface area contributed by atoms with Crippen LogP contribution in [0.2, 0.25) is 0 Å². The van der Waals surface area contributed by atoms with E-state index in [0.717, 1.165) is 44.1 Å². The summed E-state index contributed by atoms with van der Waals surface area (Å²) >= 11 is 1.31. The average molecular weight is 356 g/mol. The molecular weight excluding hydrogens is 336 g/mol. The van der Waals surface area contributed by atoms with Crippen LogP contribution in [0.25, 0.3) is 0 Å². The Morgan fingerprint density at radius 3 is 2.76 bits per heavy atom. The number of hydrogen-bond donors (Lipinski definition) is 1. The standard InChI is InChI=1S/C17H20N6OS/c1-12-14(11-22-5-7-23(8-6-22)13(2)24)3-4-19-16(12)21-17-20-10-15(9-18)25-17/h3-4,10H,5-8,11H2,1-2H3,(H,19,20,21). The minimum absolute atomic E-state index is 0.145. The third-order valence-corrected chi connectivity index (χ3v) is 5.19. The van der Waals surface area contributed by atoms with Crippen LogP contribution >= 0.6 is 11.3 Å². The summed E-state index contributed by atoms with van der Waals surface area (Å²) in [5.41, 5.74) is 2.27. The quantitative estimate of drug-likeness (QED) is 0.903. The van der Waals surface area contributed by atoms with Crippen molar-refractivity contribution in [3.05, 3.63) is 34.5 Å². The van der Waals surface area contributed by atoms with E-state index in [2.05, 4.69) is 26.3 Å². The van der Waals surface area contributed by atoms with Crippen molar-refractivity contribution in [2.75, 3.05) is 31.5 Å². The molecule has 3 heterocycles. The summed E-state index contributed by atoms with van der Waals surface area (Å²) in [6, 6.07) is 4.11. The fourth-order valence-electron chi connectivity index (χ4n) is 2.82. The van der Waals surface area contributed by atoms with Crippen LogP contribution in [0.15, 0.2) is 18.5 Å². The zero-order valence-corrected chi connectivity index (χ0v) is 15.1. The molecule has 0 aliphatic carbocycles. The molecule has 2 aromatic heterocycles. The van der Waals surface area contributed by atoms with Crippen molar-refractivity contribution >= 4 is 28.2 Å². The first-order valence-corrected chi connectivity index (χ1v) is 8.94. The third kappa shape index (κ3) is 4.13. The second kappa shape index (κ2) is 7.59. The van der Waals surface area contributed by atoms with Crippen LogP contribution in [0.3, 0.4) is 0 Å². The number of nitriles is 1. The Hall–Kier alpha value is -2.50. The first-order valence-electron chi connectivity index (χ1n) is 8.12. The minimum Gasteiger partial charge on any atom is -0.340 e. The fourth-order valence-corrected chi connectivity index (χ4v) is 3.43. The van der Waals surface area contributed by atoms with E-state index in [1.807, 2.05) is 17.9 Å². The maximum atomic E-state index is 11.4. The molecule has 0 aromatic carbocycles. The minimum atomic E-state index is 0.145. The predicted molar refractivity (Wildman–Crippen MR) is 96.6 cm³/mol. The largest absolute Gasteiger partial charge is 0.340 e. The third-order valence-electron chi connectivity index (χ3n) is 4.37. The van der Waals surface area contributed by atoms with Gasteiger partial charge in [0.1, 0.15) is 16.8 Å². The van der Waals surface area contributed by atoms with Crippen molar-refractivity contribution in [1.29, 1.82) is 5.26 Å². The van der Waals surface area contributed by atoms with Gasteiger partial charge >= 0.3 is 0 Å². The molecule has 1 aliphatic rings. The molecule has 2 aromatic rings. The Balaban J connectivity index is 1.67. The molecule has 1 N–H and O–H groups in total. The number of nitrogens with one attached hydrogen (secondary N) is 1. The zero-order chi connectivity index (χ0) is 17.8. The highest BCUT2D eigenvalue weighted by molar-refractivity contribution is 7.16. The van der Waals surface area contributed by atoms with Crippen molar-refractivity contribution in [3.8, 4) is 6.07 Å². The van der Waals surface area contributed by atoms with E-state index in [0.29, 0.717) is 10.0 Å². The first-order chi connectivity index (χ1) is 12.1. The van der Waals surface area contributed by atoms with Crippen molar-refractivity contribution in [2.24, 2.45) is 0 Å². The number of amides is 1. The van der Waals surface area contributed by atoms with Crippen LogP contribution in [0, 0.1) is 18.3 Å². The molecule has 0 bridgehead atoms. The Morgan fingerprint density at radius 2 is 2.12 bits per heavy atom. The van der Waals surface area contributed by atoms with Gasteiger partial charge in [-0.2, -0.15) is 5.26 Å². The summed E-state index contributed by atoms with van der Waals surface area (Å²) < 4.78 is 0. The molecule has 0 radical (unpaired) electrons. The molecule has 0 unspecified atom stereocenters. The van der Waals surface area contributed by atoms with Gasteiger partial charge in [-0.15, -0.1) is 0 Å². The number of pyridine rings is 1. The van der Waals surface area contributed by atoms with Crippen molar-refractivity contribution in [3.63, 3.8) is 0 Å². The zero-order valence-electron chi connectivity index (χ0n) is 14.3. The normalized spacial score (nSPS) is 15.0. The van der Waals surface area contributed by atoms with Crippen LogP contribution in [0.4, 0.5) is 10.9 Å². The van der Waals surface area contributed by atoms with Crippen molar-refractivity contribution < 1.29 is 4.79 Å². The smallest absolute Gasteiger partial charge is 0.219 e. The van der Waals surface area contributed by atoms with Crippen LogP contribution < -0.4 is 5.32 Å². The number of piperazine rings is 1. The number of thiazole rings is 1. The van der Waals surface area contributed by atoms with E-state index in [1.165, 1.54) is 16.9 Å². The summed E-state index contributed by atoms with van der Waals surface area (Å²) in [7, 11) is 0. The number of hydrogen-bond acceptors (Lipinski definition) is 7. The van der Waals surface area contributed by atoms with Crippen molar-refractivity contribution in [1.82, 2.24) is 19.8 Å². The molecule has 0 saturated carbocycles. The molecule has 7 nitrogen and oxygen atoms in total. The van der Waals surface area contributed by atoms with Gasteiger partial charge in [0.15, 0.2) is 5.13 Å². The SMILES string of the molecule is CC(=O)N1CCN(Cc2ccnc(Nc3ncc(C#N)s3)c2C)CC1. The highest BCUT2D eigenvalue weighted by Crippen LogP contribution is 2.25. The first kappa shape index (κ1) is 17.3. The number of carbonyl (C=O) groups is 1. The highest BCUT2D eigenvalue weighted by atomic mass is 32.1. The molecule has 1 saturated heterocycles. The van der Waals surface area contributed by atoms with Crippen LogP contribution in [-0.4, -0.2) is 51.9 Å². The topological polar surface area (TPSA) is 85.2 Å². The summed E-state index contributed by atoms with van der Waals surface area (Å²) in [5, 5.41) is 12.8. The van der Waals surface area contributed by atoms with E-state index in [4.69, 9.17) is 5.26 Å². The van der Waals surface area contributed by atoms with E-state index >= 15 is 0 Å². The molecule has 0 spiro atoms. The Labute approximate surface area is 150 Å². The summed E-state index contributed by atoms with van der Waals surface area (Å²) in [6.45, 7) is 7.80. The number of nitrogens with zero attached hydrogens (tertiary/aromatic N) is 5. The summed E-state index contributed by atoms with van der Waals surface area (Å²) in [6.07, 6.45) is 3.34. The van der Waals surface area contributed by atoms with Gasteiger partial charge in [0.25, 0.3) is 0 Å². The van der Waals surface area contributed by atoms with E-state index in [9.17, 15) is 4.79 Å². The maximum absolute atomic E-state index is 11.4. The molecule has 25 heavy (non-hydrogen) atoms. The summed E-state index contributed by atoms with van der Waals surface area (Å²) in [4.78, 5) is 24.8. The van der Waals surface area contributed by atoms with Crippen LogP contribution in [0.5, 0.6) is 0 Å². The van der Waals surface area contributed by atoms with Gasteiger partial charge in [-0.25, -0.2) is 9.97 Å². The predicted octanol–water partition coefficient (Wildman–Crippen LogP) is 2.13. The Bertz CT molecular complexity index is 804. The average Bonchev–Trinajstić information content (AvgIpc) is 3.06. The van der Waals surface area contributed by atoms with Gasteiger partial charge in [-0.05, 0) is 24.1 Å². The molecule has 130 valence electrons. The van der Waals surface area contributed by atoms with Crippen molar-refractivity contribution in [2.45, 2.75) is 20.4 Å². The fraction of sp³-hybridized carbons (Fsp3) is 0.412. The van der Waals surface area contributed by atoms with E-state index in [1.54, 1.807) is 19.3 Å². The van der Waals surface area contributed by atoms with Crippen LogP contribution in [0.1, 0.15) is 22.9 Å². The van der Waals surface area contributed by atoms with Gasteiger partial charge in [0, 0.05) is 45.8 Å². The number of aromatic nitrogens is 2. The van der Waals surface area contributed by atoms with E-state index in [-0.39, 0.29) is 5.91 Å². The Kier molecular flexibility index (Phi) is 5.26. The van der Waals surface area contributed by atoms with Gasteiger partial charge in [-0.1, -0.05) is 11.3 Å². The second-order valence-corrected chi connectivity index (χ2v) is 7.02. The summed E-state index contributed by atoms with van der Waals surface area (Å²) in [5.74, 6) is 0.908. The van der Waals surface area contributed by atoms with E-state index < -0.39 is 0 Å². The maximum Gasteiger partial charge on any atom is 0.219 e. The molecule has 0 atom stereocenters. The van der Waals surface area contributed by atoms with Gasteiger partial charge < -0.3 is 10.2 Å². The molecule has 1 fully saturated rings. The lowest BCUT2D eigenvalue weighted by molar-refractivity contribution is -0.130. The lowest BCUT2D eigenvalue weighted by Gasteiger charge is -2.34. The second-order valence-electron chi connectivity index (χ2n) is 5.99. The molecule has 1 aliphatic heterocycles. The Morgan fingerprint density at radius 1 is 1.36 bits per heavy atom. The monoisotopic (exact) mass is 356 g/mol. The van der Waals surface area contributed by atoms with Gasteiger partial charge in [-0.3, -0.25) is 9.69 Å². The molecule has 8 heteroatoms. The number of rotatable bonds is 4. The molecular formula is C17H20N6OS. The molecule has 1 amide bonds. The highest BCUT2D eigenvalue weighted by Gasteiger charge is 2.19. The van der Waals surface area contributed by atoms with Crippen LogP contribution in [-0.2, 0) is 11.3 Å². The van der Waals surface area contributed by atoms with Gasteiger partial charge in [0.05, 0.1) is 6.20 Å². The molecule has 3 rings (SSSR count). The lowest BCUT2D eigenvalue weighted by atomic mass is 10.1. The lowest BCUT2D eigenvalue weighted by Crippen LogP contribution is -2.47. The number of anilines is 2. The van der Waals surface area contributed by atoms with Gasteiger partial charge in [0.2, 0.25) is 5.91 Å². The number of carbonyl (C=O) groups excluding carboxylic acids is 1.